The number of H-pyrrole nitrogens is 1. The van der Waals surface area contributed by atoms with Crippen LogP contribution in [-0.4, -0.2) is 49.1 Å². The average Bonchev–Trinajstić information content (AvgIpc) is 3.13. The van der Waals surface area contributed by atoms with Gasteiger partial charge in [-0.25, -0.2) is 4.79 Å². The zero-order valence-electron chi connectivity index (χ0n) is 11.7. The summed E-state index contributed by atoms with van der Waals surface area (Å²) in [6.45, 7) is 0. The van der Waals surface area contributed by atoms with Crippen LogP contribution in [0, 0.1) is 10.1 Å². The molecule has 2 heterocycles. The van der Waals surface area contributed by atoms with Crippen molar-refractivity contribution in [2.75, 3.05) is 11.5 Å². The van der Waals surface area contributed by atoms with Gasteiger partial charge in [-0.15, -0.1) is 0 Å². The number of rotatable bonds is 4. The van der Waals surface area contributed by atoms with E-state index in [1.165, 1.54) is 30.0 Å². The van der Waals surface area contributed by atoms with Crippen molar-refractivity contribution in [3.8, 4) is 0 Å². The molecule has 1 aliphatic heterocycles. The Morgan fingerprint density at radius 1 is 1.48 bits per heavy atom. The maximum atomic E-state index is 12.4. The molecular weight excluding hydrogens is 324 g/mol. The van der Waals surface area contributed by atoms with E-state index in [0.717, 1.165) is 0 Å². The van der Waals surface area contributed by atoms with Gasteiger partial charge in [0.25, 0.3) is 11.6 Å². The molecule has 0 bridgehead atoms. The molecule has 1 aliphatic rings. The molecule has 9 nitrogen and oxygen atoms in total. The second-order valence-corrected chi connectivity index (χ2v) is 6.31. The van der Waals surface area contributed by atoms with Crippen molar-refractivity contribution >= 4 is 40.2 Å². The van der Waals surface area contributed by atoms with Crippen LogP contribution in [0.25, 0.3) is 10.9 Å². The summed E-state index contributed by atoms with van der Waals surface area (Å²) < 4.78 is 0. The summed E-state index contributed by atoms with van der Waals surface area (Å²) in [5.41, 5.74) is -1.09. The lowest BCUT2D eigenvalue weighted by Crippen LogP contribution is -2.54. The lowest BCUT2D eigenvalue weighted by molar-refractivity contribution is -0.384. The zero-order valence-corrected chi connectivity index (χ0v) is 12.6. The Morgan fingerprint density at radius 2 is 2.26 bits per heavy atom. The third kappa shape index (κ3) is 2.61. The molecule has 1 unspecified atom stereocenters. The first kappa shape index (κ1) is 15.3. The highest BCUT2D eigenvalue weighted by atomic mass is 32.2. The molecule has 0 aliphatic carbocycles. The van der Waals surface area contributed by atoms with Gasteiger partial charge < -0.3 is 10.4 Å². The lowest BCUT2D eigenvalue weighted by atomic mass is 9.99. The molecule has 0 spiro atoms. The molecule has 3 N–H and O–H groups in total. The van der Waals surface area contributed by atoms with Crippen molar-refractivity contribution in [3.05, 3.63) is 34.0 Å². The number of carbonyl (C=O) groups is 2. The van der Waals surface area contributed by atoms with E-state index in [1.54, 1.807) is 0 Å². The second kappa shape index (κ2) is 5.54. The first-order chi connectivity index (χ1) is 10.9. The van der Waals surface area contributed by atoms with E-state index in [1.807, 2.05) is 0 Å². The van der Waals surface area contributed by atoms with Gasteiger partial charge in [0.2, 0.25) is 0 Å². The van der Waals surface area contributed by atoms with Crippen LogP contribution in [0.3, 0.4) is 0 Å². The molecule has 1 atom stereocenters. The quantitative estimate of drug-likeness (QED) is 0.562. The third-order valence-electron chi connectivity index (χ3n) is 3.76. The number of nitro groups is 1. The molecule has 2 aromatic rings. The highest BCUT2D eigenvalue weighted by Crippen LogP contribution is 2.29. The number of nitrogens with one attached hydrogen (secondary N) is 2. The summed E-state index contributed by atoms with van der Waals surface area (Å²) in [6.07, 6.45) is 0.321. The predicted octanol–water partition coefficient (Wildman–Crippen LogP) is 1.16. The van der Waals surface area contributed by atoms with Gasteiger partial charge in [0.15, 0.2) is 5.69 Å². The first-order valence-corrected chi connectivity index (χ1v) is 7.85. The minimum absolute atomic E-state index is 0.0544. The van der Waals surface area contributed by atoms with Crippen LogP contribution in [0.15, 0.2) is 18.2 Å². The minimum Gasteiger partial charge on any atom is -0.479 e. The summed E-state index contributed by atoms with van der Waals surface area (Å²) in [7, 11) is 0. The molecule has 3 rings (SSSR count). The number of hydrogen-bond donors (Lipinski definition) is 3. The largest absolute Gasteiger partial charge is 0.479 e. The van der Waals surface area contributed by atoms with E-state index < -0.39 is 22.3 Å². The standard InChI is InChI=1S/C13H12N4O5S/c18-11(14-13(12(19)20)3-4-23-6-13)10-8-5-7(17(21)22)1-2-9(8)15-16-10/h1-2,5H,3-4,6H2,(H,14,18)(H,15,16)(H,19,20). The van der Waals surface area contributed by atoms with Crippen LogP contribution >= 0.6 is 11.8 Å². The Labute approximate surface area is 133 Å². The number of carboxylic acids is 1. The van der Waals surface area contributed by atoms with Gasteiger partial charge in [-0.3, -0.25) is 20.0 Å². The van der Waals surface area contributed by atoms with Crippen LogP contribution in [0.1, 0.15) is 16.9 Å². The number of nitro benzene ring substituents is 1. The van der Waals surface area contributed by atoms with Crippen molar-refractivity contribution in [2.24, 2.45) is 0 Å². The van der Waals surface area contributed by atoms with E-state index in [-0.39, 0.29) is 22.5 Å². The maximum absolute atomic E-state index is 12.4. The second-order valence-electron chi connectivity index (χ2n) is 5.20. The van der Waals surface area contributed by atoms with E-state index >= 15 is 0 Å². The van der Waals surface area contributed by atoms with E-state index in [2.05, 4.69) is 15.5 Å². The molecule has 1 aromatic heterocycles. The fourth-order valence-electron chi connectivity index (χ4n) is 2.45. The summed E-state index contributed by atoms with van der Waals surface area (Å²) in [4.78, 5) is 34.2. The molecule has 1 amide bonds. The number of aliphatic carboxylic acids is 1. The molecule has 1 fully saturated rings. The molecular formula is C13H12N4O5S. The Bertz CT molecular complexity index is 812. The summed E-state index contributed by atoms with van der Waals surface area (Å²) in [6, 6.07) is 3.99. The monoisotopic (exact) mass is 336 g/mol. The fraction of sp³-hybridized carbons (Fsp3) is 0.308. The van der Waals surface area contributed by atoms with E-state index in [4.69, 9.17) is 0 Å². The van der Waals surface area contributed by atoms with Gasteiger partial charge >= 0.3 is 5.97 Å². The molecule has 1 aromatic carbocycles. The first-order valence-electron chi connectivity index (χ1n) is 6.69. The third-order valence-corrected chi connectivity index (χ3v) is 4.95. The predicted molar refractivity (Wildman–Crippen MR) is 82.5 cm³/mol. The van der Waals surface area contributed by atoms with Crippen LogP contribution in [0.2, 0.25) is 0 Å². The fourth-order valence-corrected chi connectivity index (χ4v) is 3.78. The Morgan fingerprint density at radius 3 is 2.87 bits per heavy atom. The highest BCUT2D eigenvalue weighted by Gasteiger charge is 2.43. The molecule has 23 heavy (non-hydrogen) atoms. The average molecular weight is 336 g/mol. The van der Waals surface area contributed by atoms with E-state index in [9.17, 15) is 24.8 Å². The summed E-state index contributed by atoms with van der Waals surface area (Å²) in [5, 5.41) is 29.5. The number of non-ortho nitro benzene ring substituents is 1. The number of benzene rings is 1. The van der Waals surface area contributed by atoms with Crippen LogP contribution in [0.5, 0.6) is 0 Å². The van der Waals surface area contributed by atoms with Crippen molar-refractivity contribution in [1.29, 1.82) is 0 Å². The number of aromatic amines is 1. The number of amides is 1. The van der Waals surface area contributed by atoms with Gasteiger partial charge in [0, 0.05) is 23.3 Å². The van der Waals surface area contributed by atoms with Gasteiger partial charge in [-0.2, -0.15) is 16.9 Å². The van der Waals surface area contributed by atoms with Crippen molar-refractivity contribution in [3.63, 3.8) is 0 Å². The smallest absolute Gasteiger partial charge is 0.330 e. The lowest BCUT2D eigenvalue weighted by Gasteiger charge is -2.23. The van der Waals surface area contributed by atoms with Crippen LogP contribution in [-0.2, 0) is 4.79 Å². The van der Waals surface area contributed by atoms with Gasteiger partial charge in [-0.1, -0.05) is 0 Å². The van der Waals surface area contributed by atoms with Crippen LogP contribution < -0.4 is 5.32 Å². The summed E-state index contributed by atoms with van der Waals surface area (Å²) >= 11 is 1.45. The molecule has 1 saturated heterocycles. The van der Waals surface area contributed by atoms with Gasteiger partial charge in [0.05, 0.1) is 10.4 Å². The molecule has 0 saturated carbocycles. The van der Waals surface area contributed by atoms with E-state index in [0.29, 0.717) is 17.7 Å². The summed E-state index contributed by atoms with van der Waals surface area (Å²) in [5.74, 6) is -0.848. The SMILES string of the molecule is O=C(NC1(C(=O)O)CCSC1)c1n[nH]c2ccc([N+](=O)[O-])cc12. The van der Waals surface area contributed by atoms with Gasteiger partial charge in [-0.05, 0) is 18.2 Å². The topological polar surface area (TPSA) is 138 Å². The van der Waals surface area contributed by atoms with Crippen molar-refractivity contribution in [1.82, 2.24) is 15.5 Å². The molecule has 10 heteroatoms. The van der Waals surface area contributed by atoms with Gasteiger partial charge in [0.1, 0.15) is 5.54 Å². The Kier molecular flexibility index (Phi) is 3.68. The normalized spacial score (nSPS) is 20.5. The maximum Gasteiger partial charge on any atom is 0.330 e. The van der Waals surface area contributed by atoms with Crippen LogP contribution in [0.4, 0.5) is 5.69 Å². The Hall–Kier alpha value is -2.62. The van der Waals surface area contributed by atoms with Crippen molar-refractivity contribution in [2.45, 2.75) is 12.0 Å². The minimum atomic E-state index is -1.33. The Balaban J connectivity index is 1.96. The molecule has 0 radical (unpaired) electrons. The van der Waals surface area contributed by atoms with Crippen molar-refractivity contribution < 1.29 is 19.6 Å². The number of nitrogens with zero attached hydrogens (tertiary/aromatic N) is 2. The number of carbonyl (C=O) groups excluding carboxylic acids is 1. The number of carboxylic acid groups (broad SMARTS) is 1. The highest BCUT2D eigenvalue weighted by molar-refractivity contribution is 7.99. The molecule has 120 valence electrons. The number of aromatic nitrogens is 2. The number of thioether (sulfide) groups is 1. The zero-order chi connectivity index (χ0) is 16.6. The number of hydrogen-bond acceptors (Lipinski definition) is 6. The number of fused-ring (bicyclic) bond motifs is 1.